The molecule has 2 rings (SSSR count). The maximum atomic E-state index is 12.5. The van der Waals surface area contributed by atoms with Gasteiger partial charge in [0.05, 0.1) is 11.2 Å². The molecule has 5 N–H and O–H groups in total. The van der Waals surface area contributed by atoms with Crippen molar-refractivity contribution in [3.8, 4) is 0 Å². The Morgan fingerprint density at radius 3 is 2.36 bits per heavy atom. The predicted octanol–water partition coefficient (Wildman–Crippen LogP) is 3.27. The van der Waals surface area contributed by atoms with Crippen molar-refractivity contribution in [2.75, 3.05) is 11.9 Å². The standard InChI is InChI=1S/C17H23F3N4O/c1-9-5-13(15(25)24-21)23-14-11(9)6-10(22-8-17(18,19)20)7-12(14)16(2,3)4/h5-7,15,22,24-25H,8,21H2,1-4H3. The van der Waals surface area contributed by atoms with Crippen LogP contribution in [0.15, 0.2) is 18.2 Å². The molecule has 0 saturated carbocycles. The molecule has 2 aromatic rings. The fourth-order valence-corrected chi connectivity index (χ4v) is 2.62. The summed E-state index contributed by atoms with van der Waals surface area (Å²) in [6, 6.07) is 4.98. The SMILES string of the molecule is Cc1cc(C(O)NN)nc2c(C(C)(C)C)cc(NCC(F)(F)F)cc12. The zero-order valence-electron chi connectivity index (χ0n) is 14.6. The monoisotopic (exact) mass is 356 g/mol. The van der Waals surface area contributed by atoms with E-state index in [-0.39, 0.29) is 5.41 Å². The predicted molar refractivity (Wildman–Crippen MR) is 92.0 cm³/mol. The number of halogens is 3. The lowest BCUT2D eigenvalue weighted by Gasteiger charge is -2.24. The number of aliphatic hydroxyl groups excluding tert-OH is 1. The first-order valence-corrected chi connectivity index (χ1v) is 7.83. The Kier molecular flexibility index (Phi) is 5.27. The van der Waals surface area contributed by atoms with Gasteiger partial charge < -0.3 is 10.4 Å². The number of alkyl halides is 3. The molecule has 0 fully saturated rings. The normalized spacial score (nSPS) is 14.0. The highest BCUT2D eigenvalue weighted by atomic mass is 19.4. The number of hydrogen-bond donors (Lipinski definition) is 4. The summed E-state index contributed by atoms with van der Waals surface area (Å²) in [5, 5.41) is 13.1. The summed E-state index contributed by atoms with van der Waals surface area (Å²) in [6.07, 6.45) is -5.43. The van der Waals surface area contributed by atoms with Crippen LogP contribution in [0.5, 0.6) is 0 Å². The van der Waals surface area contributed by atoms with Gasteiger partial charge in [-0.25, -0.2) is 10.4 Å². The maximum absolute atomic E-state index is 12.5. The molecule has 1 heterocycles. The quantitative estimate of drug-likeness (QED) is 0.384. The van der Waals surface area contributed by atoms with Crippen molar-refractivity contribution in [2.24, 2.45) is 5.84 Å². The molecule has 1 unspecified atom stereocenters. The molecule has 1 atom stereocenters. The molecule has 0 aliphatic carbocycles. The highest BCUT2D eigenvalue weighted by molar-refractivity contribution is 5.89. The Morgan fingerprint density at radius 1 is 1.20 bits per heavy atom. The molecule has 0 aliphatic heterocycles. The van der Waals surface area contributed by atoms with Crippen molar-refractivity contribution in [3.05, 3.63) is 35.0 Å². The van der Waals surface area contributed by atoms with E-state index in [1.165, 1.54) is 0 Å². The summed E-state index contributed by atoms with van der Waals surface area (Å²) in [5.41, 5.74) is 4.82. The van der Waals surface area contributed by atoms with Crippen LogP contribution in [-0.4, -0.2) is 22.8 Å². The number of anilines is 1. The van der Waals surface area contributed by atoms with Gasteiger partial charge in [-0.1, -0.05) is 20.8 Å². The van der Waals surface area contributed by atoms with Crippen LogP contribution in [0.2, 0.25) is 0 Å². The topological polar surface area (TPSA) is 83.2 Å². The number of aliphatic hydroxyl groups is 1. The number of benzene rings is 1. The first-order valence-electron chi connectivity index (χ1n) is 7.83. The van der Waals surface area contributed by atoms with Crippen molar-refractivity contribution >= 4 is 16.6 Å². The second kappa shape index (κ2) is 6.78. The summed E-state index contributed by atoms with van der Waals surface area (Å²) in [7, 11) is 0. The van der Waals surface area contributed by atoms with Gasteiger partial charge in [0, 0.05) is 11.1 Å². The number of fused-ring (bicyclic) bond motifs is 1. The first kappa shape index (κ1) is 19.4. The Bertz CT molecular complexity index is 769. The highest BCUT2D eigenvalue weighted by Gasteiger charge is 2.27. The lowest BCUT2D eigenvalue weighted by Crippen LogP contribution is -2.28. The molecular weight excluding hydrogens is 333 g/mol. The van der Waals surface area contributed by atoms with E-state index in [0.717, 1.165) is 16.5 Å². The highest BCUT2D eigenvalue weighted by Crippen LogP contribution is 2.34. The number of rotatable bonds is 4. The molecule has 1 aromatic carbocycles. The number of nitrogens with two attached hydrogens (primary N) is 1. The van der Waals surface area contributed by atoms with Crippen molar-refractivity contribution < 1.29 is 18.3 Å². The minimum absolute atomic E-state index is 0.354. The molecule has 0 amide bonds. The van der Waals surface area contributed by atoms with Gasteiger partial charge in [-0.15, -0.1) is 0 Å². The summed E-state index contributed by atoms with van der Waals surface area (Å²) in [6.45, 7) is 6.57. The van der Waals surface area contributed by atoms with E-state index in [4.69, 9.17) is 5.84 Å². The zero-order valence-corrected chi connectivity index (χ0v) is 14.6. The van der Waals surface area contributed by atoms with Crippen LogP contribution in [0, 0.1) is 6.92 Å². The molecule has 1 aromatic heterocycles. The van der Waals surface area contributed by atoms with E-state index in [2.05, 4.69) is 15.7 Å². The van der Waals surface area contributed by atoms with Crippen LogP contribution in [-0.2, 0) is 5.41 Å². The van der Waals surface area contributed by atoms with Crippen LogP contribution in [0.25, 0.3) is 10.9 Å². The third-order valence-corrected chi connectivity index (χ3v) is 3.88. The summed E-state index contributed by atoms with van der Waals surface area (Å²) >= 11 is 0. The second-order valence-corrected chi connectivity index (χ2v) is 7.07. The van der Waals surface area contributed by atoms with Gasteiger partial charge >= 0.3 is 6.18 Å². The molecule has 25 heavy (non-hydrogen) atoms. The Hall–Kier alpha value is -1.90. The Morgan fingerprint density at radius 2 is 1.84 bits per heavy atom. The number of aromatic nitrogens is 1. The molecule has 0 radical (unpaired) electrons. The first-order chi connectivity index (χ1) is 11.4. The van der Waals surface area contributed by atoms with E-state index in [0.29, 0.717) is 16.9 Å². The van der Waals surface area contributed by atoms with E-state index < -0.39 is 18.9 Å². The minimum atomic E-state index is -4.30. The lowest BCUT2D eigenvalue weighted by molar-refractivity contribution is -0.115. The van der Waals surface area contributed by atoms with Gasteiger partial charge in [0.15, 0.2) is 6.23 Å². The lowest BCUT2D eigenvalue weighted by atomic mass is 9.84. The van der Waals surface area contributed by atoms with Crippen LogP contribution < -0.4 is 16.6 Å². The van der Waals surface area contributed by atoms with Gasteiger partial charge in [0.1, 0.15) is 6.54 Å². The maximum Gasteiger partial charge on any atom is 0.405 e. The summed E-state index contributed by atoms with van der Waals surface area (Å²) in [4.78, 5) is 4.48. The third-order valence-electron chi connectivity index (χ3n) is 3.88. The van der Waals surface area contributed by atoms with Crippen molar-refractivity contribution in [2.45, 2.75) is 45.5 Å². The molecule has 5 nitrogen and oxygen atoms in total. The van der Waals surface area contributed by atoms with Crippen LogP contribution in [0.1, 0.15) is 43.8 Å². The number of hydrazine groups is 1. The van der Waals surface area contributed by atoms with Gasteiger partial charge in [0.25, 0.3) is 0 Å². The zero-order chi connectivity index (χ0) is 19.0. The molecule has 0 aliphatic rings. The summed E-state index contributed by atoms with van der Waals surface area (Å²) in [5.74, 6) is 5.27. The average Bonchev–Trinajstić information content (AvgIpc) is 2.50. The number of nitrogens with zero attached hydrogens (tertiary/aromatic N) is 1. The van der Waals surface area contributed by atoms with Gasteiger partial charge in [-0.05, 0) is 41.7 Å². The fourth-order valence-electron chi connectivity index (χ4n) is 2.62. The smallest absolute Gasteiger partial charge is 0.376 e. The van der Waals surface area contributed by atoms with E-state index >= 15 is 0 Å². The van der Waals surface area contributed by atoms with E-state index in [1.807, 2.05) is 27.7 Å². The number of nitrogens with one attached hydrogen (secondary N) is 2. The average molecular weight is 356 g/mol. The molecule has 0 saturated heterocycles. The number of pyridine rings is 1. The van der Waals surface area contributed by atoms with Gasteiger partial charge in [-0.2, -0.15) is 13.2 Å². The summed E-state index contributed by atoms with van der Waals surface area (Å²) < 4.78 is 37.6. The largest absolute Gasteiger partial charge is 0.405 e. The number of hydrogen-bond acceptors (Lipinski definition) is 5. The van der Waals surface area contributed by atoms with Crippen molar-refractivity contribution in [3.63, 3.8) is 0 Å². The Labute approximate surface area is 144 Å². The van der Waals surface area contributed by atoms with E-state index in [9.17, 15) is 18.3 Å². The number of aryl methyl sites for hydroxylation is 1. The molecule has 8 heteroatoms. The Balaban J connectivity index is 2.65. The molecule has 138 valence electrons. The second-order valence-electron chi connectivity index (χ2n) is 7.07. The fraction of sp³-hybridized carbons (Fsp3) is 0.471. The van der Waals surface area contributed by atoms with E-state index in [1.54, 1.807) is 18.2 Å². The van der Waals surface area contributed by atoms with Crippen molar-refractivity contribution in [1.82, 2.24) is 10.4 Å². The van der Waals surface area contributed by atoms with Crippen LogP contribution >= 0.6 is 0 Å². The van der Waals surface area contributed by atoms with Gasteiger partial charge in [-0.3, -0.25) is 5.84 Å². The third kappa shape index (κ3) is 4.59. The molecular formula is C17H23F3N4O. The molecule has 0 bridgehead atoms. The van der Waals surface area contributed by atoms with Gasteiger partial charge in [0.2, 0.25) is 0 Å². The van der Waals surface area contributed by atoms with Crippen LogP contribution in [0.3, 0.4) is 0 Å². The molecule has 0 spiro atoms. The van der Waals surface area contributed by atoms with Crippen molar-refractivity contribution in [1.29, 1.82) is 0 Å². The van der Waals surface area contributed by atoms with Crippen LogP contribution in [0.4, 0.5) is 18.9 Å². The minimum Gasteiger partial charge on any atom is -0.376 e.